The summed E-state index contributed by atoms with van der Waals surface area (Å²) in [6, 6.07) is 5.57. The van der Waals surface area contributed by atoms with Gasteiger partial charge in [0.15, 0.2) is 0 Å². The minimum Gasteiger partial charge on any atom is -0.331 e. The average molecular weight is 381 g/mol. The third-order valence-electron chi connectivity index (χ3n) is 4.35. The quantitative estimate of drug-likeness (QED) is 0.552. The third kappa shape index (κ3) is 3.29. The number of aryl methyl sites for hydroxylation is 1. The highest BCUT2D eigenvalue weighted by Crippen LogP contribution is 2.26. The van der Waals surface area contributed by atoms with Crippen molar-refractivity contribution in [1.82, 2.24) is 14.5 Å². The number of hydrogen-bond acceptors (Lipinski definition) is 3. The molecule has 0 spiro atoms. The minimum absolute atomic E-state index is 0.235. The highest BCUT2D eigenvalue weighted by Gasteiger charge is 2.11. The summed E-state index contributed by atoms with van der Waals surface area (Å²) in [6.45, 7) is 1.92. The number of pyridine rings is 1. The van der Waals surface area contributed by atoms with E-state index < -0.39 is 30.1 Å². The van der Waals surface area contributed by atoms with E-state index >= 15 is 0 Å². The number of rotatable bonds is 3. The number of benzene rings is 2. The molecule has 4 aromatic rings. The molecule has 5 nitrogen and oxygen atoms in total. The normalized spacial score (nSPS) is 13.0. The van der Waals surface area contributed by atoms with Crippen molar-refractivity contribution >= 4 is 34.1 Å². The number of imidazole rings is 1. The zero-order chi connectivity index (χ0) is 22.4. The molecule has 27 heavy (non-hydrogen) atoms. The fourth-order valence-corrected chi connectivity index (χ4v) is 2.95. The Morgan fingerprint density at radius 2 is 1.96 bits per heavy atom. The Morgan fingerprint density at radius 3 is 2.74 bits per heavy atom. The lowest BCUT2D eigenvalue weighted by Crippen LogP contribution is -2.13. The Labute approximate surface area is 167 Å². The second kappa shape index (κ2) is 6.85. The van der Waals surface area contributed by atoms with E-state index in [1.54, 1.807) is 18.5 Å². The van der Waals surface area contributed by atoms with Crippen molar-refractivity contribution in [1.29, 1.82) is 0 Å². The van der Waals surface area contributed by atoms with Crippen molar-refractivity contribution in [2.45, 2.75) is 6.92 Å². The molecule has 0 fully saturated rings. The fraction of sp³-hybridized carbons (Fsp3) is 0.0952. The maximum absolute atomic E-state index is 12.7. The molecule has 6 heteroatoms. The van der Waals surface area contributed by atoms with Crippen LogP contribution in [0, 0.1) is 6.92 Å². The van der Waals surface area contributed by atoms with Gasteiger partial charge in [-0.1, -0.05) is 35.8 Å². The Hall–Kier alpha value is -3.18. The first-order chi connectivity index (χ1) is 14.7. The number of nitrogens with one attached hydrogen (secondary N) is 1. The van der Waals surface area contributed by atoms with Gasteiger partial charge in [0.2, 0.25) is 0 Å². The molecule has 0 bridgehead atoms. The van der Waals surface area contributed by atoms with Crippen LogP contribution < -0.4 is 5.32 Å². The van der Waals surface area contributed by atoms with E-state index in [0.29, 0.717) is 0 Å². The maximum atomic E-state index is 12.7. The summed E-state index contributed by atoms with van der Waals surface area (Å²) in [5.41, 5.74) is 1.59. The first-order valence-electron chi connectivity index (χ1n) is 10.1. The fourth-order valence-electron chi connectivity index (χ4n) is 2.77. The van der Waals surface area contributed by atoms with Gasteiger partial charge < -0.3 is 9.88 Å². The van der Waals surface area contributed by atoms with E-state index in [0.717, 1.165) is 27.9 Å². The van der Waals surface area contributed by atoms with Crippen LogP contribution in [0.4, 0.5) is 5.82 Å². The van der Waals surface area contributed by atoms with E-state index in [2.05, 4.69) is 15.3 Å². The van der Waals surface area contributed by atoms with Crippen molar-refractivity contribution in [2.24, 2.45) is 7.05 Å². The van der Waals surface area contributed by atoms with Crippen LogP contribution in [0.1, 0.15) is 21.7 Å². The van der Waals surface area contributed by atoms with E-state index in [-0.39, 0.29) is 16.4 Å². The number of amides is 1. The Morgan fingerprint density at radius 1 is 1.15 bits per heavy atom. The molecular formula is C21H17ClN4O. The number of anilines is 1. The molecule has 2 aromatic heterocycles. The molecule has 0 radical (unpaired) electrons. The smallest absolute Gasteiger partial charge is 0.258 e. The van der Waals surface area contributed by atoms with Crippen molar-refractivity contribution in [3.05, 3.63) is 77.2 Å². The van der Waals surface area contributed by atoms with Crippen molar-refractivity contribution in [2.75, 3.05) is 5.32 Å². The lowest BCUT2D eigenvalue weighted by atomic mass is 10.1. The maximum Gasteiger partial charge on any atom is 0.258 e. The number of halogens is 1. The third-order valence-corrected chi connectivity index (χ3v) is 4.63. The monoisotopic (exact) mass is 380 g/mol. The van der Waals surface area contributed by atoms with Gasteiger partial charge in [-0.2, -0.15) is 0 Å². The van der Waals surface area contributed by atoms with Gasteiger partial charge in [-0.15, -0.1) is 0 Å². The van der Waals surface area contributed by atoms with Crippen LogP contribution in [0.5, 0.6) is 0 Å². The molecule has 0 aliphatic rings. The van der Waals surface area contributed by atoms with Crippen LogP contribution >= 0.6 is 11.6 Å². The van der Waals surface area contributed by atoms with Gasteiger partial charge in [0.25, 0.3) is 5.91 Å². The number of carbonyl (C=O) groups excluding carboxylic acids is 1. The van der Waals surface area contributed by atoms with Crippen molar-refractivity contribution in [3.63, 3.8) is 0 Å². The zero-order valence-corrected chi connectivity index (χ0v) is 15.3. The lowest BCUT2D eigenvalue weighted by molar-refractivity contribution is 0.102. The van der Waals surface area contributed by atoms with E-state index in [1.165, 1.54) is 0 Å². The van der Waals surface area contributed by atoms with Gasteiger partial charge in [-0.3, -0.25) is 4.79 Å². The summed E-state index contributed by atoms with van der Waals surface area (Å²) in [7, 11) is 1.94. The molecule has 1 N–H and O–H groups in total. The summed E-state index contributed by atoms with van der Waals surface area (Å²) in [5.74, 6) is 0.364. The molecule has 0 saturated heterocycles. The second-order valence-corrected chi connectivity index (χ2v) is 6.40. The van der Waals surface area contributed by atoms with Gasteiger partial charge in [-0.05, 0) is 36.5 Å². The summed E-state index contributed by atoms with van der Waals surface area (Å²) in [6.07, 6.45) is 3.41. The molecule has 0 atom stereocenters. The van der Waals surface area contributed by atoms with Gasteiger partial charge in [0.05, 0.1) is 28.0 Å². The van der Waals surface area contributed by atoms with E-state index in [4.69, 9.17) is 17.1 Å². The van der Waals surface area contributed by atoms with Crippen LogP contribution in [0.15, 0.2) is 60.8 Å². The van der Waals surface area contributed by atoms with Crippen LogP contribution in [-0.2, 0) is 7.05 Å². The number of hydrogen-bond donors (Lipinski definition) is 1. The molecule has 0 aliphatic carbocycles. The highest BCUT2D eigenvalue weighted by molar-refractivity contribution is 6.34. The molecular weight excluding hydrogens is 360 g/mol. The summed E-state index contributed by atoms with van der Waals surface area (Å²) in [5, 5.41) is 3.96. The standard InChI is InChI=1S/C21H17ClN4O/c1-13-23-12-19(26(13)2)14-7-8-15-11-24-20(10-16(15)9-14)25-21(27)17-5-3-4-6-18(17)22/h3-12H,1-2H3,(H,24,25,27)/i3D,4D,5D,6D. The van der Waals surface area contributed by atoms with Gasteiger partial charge in [0.1, 0.15) is 11.6 Å². The van der Waals surface area contributed by atoms with Crippen molar-refractivity contribution in [3.8, 4) is 11.3 Å². The number of fused-ring (bicyclic) bond motifs is 1. The van der Waals surface area contributed by atoms with E-state index in [9.17, 15) is 4.79 Å². The first kappa shape index (κ1) is 13.1. The zero-order valence-electron chi connectivity index (χ0n) is 18.6. The largest absolute Gasteiger partial charge is 0.331 e. The highest BCUT2D eigenvalue weighted by atomic mass is 35.5. The molecule has 2 aromatic carbocycles. The summed E-state index contributed by atoms with van der Waals surface area (Å²) in [4.78, 5) is 21.3. The molecule has 0 saturated carbocycles. The Kier molecular flexibility index (Phi) is 3.31. The minimum atomic E-state index is -0.762. The van der Waals surface area contributed by atoms with Crippen molar-refractivity contribution < 1.29 is 10.3 Å². The van der Waals surface area contributed by atoms with E-state index in [1.807, 2.05) is 36.7 Å². The molecule has 0 unspecified atom stereocenters. The van der Waals surface area contributed by atoms with Crippen LogP contribution in [-0.4, -0.2) is 20.4 Å². The average Bonchev–Trinajstić information content (AvgIpc) is 3.09. The summed E-state index contributed by atoms with van der Waals surface area (Å²) < 4.78 is 33.2. The molecule has 4 rings (SSSR count). The van der Waals surface area contributed by atoms with Gasteiger partial charge in [-0.25, -0.2) is 9.97 Å². The topological polar surface area (TPSA) is 59.8 Å². The number of nitrogens with zero attached hydrogens (tertiary/aromatic N) is 3. The molecule has 0 aliphatic heterocycles. The first-order valence-corrected chi connectivity index (χ1v) is 8.52. The Bertz CT molecular complexity index is 1340. The predicted octanol–water partition coefficient (Wildman–Crippen LogP) is 4.85. The molecule has 134 valence electrons. The summed E-state index contributed by atoms with van der Waals surface area (Å²) >= 11 is 6.04. The van der Waals surface area contributed by atoms with Crippen LogP contribution in [0.2, 0.25) is 5.02 Å². The Balaban J connectivity index is 1.71. The number of carbonyl (C=O) groups is 1. The lowest BCUT2D eigenvalue weighted by Gasteiger charge is -2.09. The molecule has 1 amide bonds. The second-order valence-electron chi connectivity index (χ2n) is 6.02. The van der Waals surface area contributed by atoms with Crippen LogP contribution in [0.3, 0.4) is 0 Å². The SMILES string of the molecule is [2H]c1c([2H])c([2H])c(C(=O)Nc2cc3cc(-c4cnc(C)n4C)ccc3cn2)c(Cl)c1[2H]. The van der Waals surface area contributed by atoms with Gasteiger partial charge in [0, 0.05) is 24.2 Å². The molecule has 2 heterocycles. The number of aromatic nitrogens is 3. The van der Waals surface area contributed by atoms with Crippen LogP contribution in [0.25, 0.3) is 22.0 Å². The predicted molar refractivity (Wildman–Crippen MR) is 108 cm³/mol. The van der Waals surface area contributed by atoms with Gasteiger partial charge >= 0.3 is 0 Å².